The number of para-hydroxylation sites is 1. The number of thiocarbonyl (C=S) groups is 1. The molecule has 112 valence electrons. The standard InChI is InChI=1S/C16H22N4S/c1-13(2)14-6-3-4-7-15(14)19-16(21)18-8-5-10-20-11-9-17-12-20/h3-4,6-7,9,11-13H,5,8,10H2,1-2H3,(H2,18,19,21). The third kappa shape index (κ3) is 4.86. The smallest absolute Gasteiger partial charge is 0.170 e. The van der Waals surface area contributed by atoms with Crippen LogP contribution in [0.3, 0.4) is 0 Å². The van der Waals surface area contributed by atoms with Gasteiger partial charge in [0.15, 0.2) is 5.11 Å². The molecule has 0 radical (unpaired) electrons. The minimum atomic E-state index is 0.470. The van der Waals surface area contributed by atoms with Crippen molar-refractivity contribution in [3.05, 3.63) is 48.5 Å². The number of aryl methyl sites for hydroxylation is 1. The number of anilines is 1. The van der Waals surface area contributed by atoms with Gasteiger partial charge in [0.2, 0.25) is 0 Å². The van der Waals surface area contributed by atoms with Crippen LogP contribution in [0, 0.1) is 0 Å². The van der Waals surface area contributed by atoms with Crippen LogP contribution in [-0.2, 0) is 6.54 Å². The lowest BCUT2D eigenvalue weighted by atomic mass is 10.0. The Kier molecular flexibility index (Phi) is 5.75. The fourth-order valence-electron chi connectivity index (χ4n) is 2.16. The average Bonchev–Trinajstić information content (AvgIpc) is 2.97. The normalized spacial score (nSPS) is 10.6. The second kappa shape index (κ2) is 7.78. The molecule has 0 aliphatic carbocycles. The van der Waals surface area contributed by atoms with Crippen molar-refractivity contribution in [3.8, 4) is 0 Å². The highest BCUT2D eigenvalue weighted by Crippen LogP contribution is 2.23. The molecular formula is C16H22N4S. The summed E-state index contributed by atoms with van der Waals surface area (Å²) in [5.41, 5.74) is 2.36. The van der Waals surface area contributed by atoms with Gasteiger partial charge >= 0.3 is 0 Å². The lowest BCUT2D eigenvalue weighted by molar-refractivity contribution is 0.632. The van der Waals surface area contributed by atoms with Crippen molar-refractivity contribution in [1.82, 2.24) is 14.9 Å². The Labute approximate surface area is 131 Å². The molecule has 0 fully saturated rings. The summed E-state index contributed by atoms with van der Waals surface area (Å²) >= 11 is 5.35. The molecule has 5 heteroatoms. The van der Waals surface area contributed by atoms with Gasteiger partial charge in [0, 0.05) is 31.2 Å². The minimum absolute atomic E-state index is 0.470. The van der Waals surface area contributed by atoms with Crippen molar-refractivity contribution in [2.24, 2.45) is 0 Å². The van der Waals surface area contributed by atoms with Gasteiger partial charge in [0.05, 0.1) is 6.33 Å². The zero-order valence-electron chi connectivity index (χ0n) is 12.5. The summed E-state index contributed by atoms with van der Waals surface area (Å²) in [6.45, 7) is 6.15. The van der Waals surface area contributed by atoms with Crippen LogP contribution in [0.25, 0.3) is 0 Å². The monoisotopic (exact) mass is 302 g/mol. The SMILES string of the molecule is CC(C)c1ccccc1NC(=S)NCCCn1ccnc1. The van der Waals surface area contributed by atoms with Gasteiger partial charge in [-0.1, -0.05) is 32.0 Å². The number of nitrogens with zero attached hydrogens (tertiary/aromatic N) is 2. The fraction of sp³-hybridized carbons (Fsp3) is 0.375. The van der Waals surface area contributed by atoms with E-state index in [2.05, 4.69) is 52.2 Å². The molecule has 0 aliphatic heterocycles. The molecule has 1 heterocycles. The minimum Gasteiger partial charge on any atom is -0.362 e. The second-order valence-corrected chi connectivity index (χ2v) is 5.69. The Bertz CT molecular complexity index is 563. The summed E-state index contributed by atoms with van der Waals surface area (Å²) in [6.07, 6.45) is 6.59. The zero-order chi connectivity index (χ0) is 15.1. The molecule has 0 saturated heterocycles. The highest BCUT2D eigenvalue weighted by atomic mass is 32.1. The number of hydrogen-bond donors (Lipinski definition) is 2. The van der Waals surface area contributed by atoms with Crippen LogP contribution < -0.4 is 10.6 Å². The van der Waals surface area contributed by atoms with Gasteiger partial charge in [-0.3, -0.25) is 0 Å². The largest absolute Gasteiger partial charge is 0.362 e. The van der Waals surface area contributed by atoms with E-state index in [1.165, 1.54) is 5.56 Å². The van der Waals surface area contributed by atoms with E-state index in [-0.39, 0.29) is 0 Å². The summed E-state index contributed by atoms with van der Waals surface area (Å²) in [7, 11) is 0. The van der Waals surface area contributed by atoms with E-state index in [0.717, 1.165) is 25.2 Å². The van der Waals surface area contributed by atoms with Crippen LogP contribution in [-0.4, -0.2) is 21.2 Å². The molecule has 0 saturated carbocycles. The van der Waals surface area contributed by atoms with E-state index in [1.54, 1.807) is 6.20 Å². The molecule has 0 bridgehead atoms. The number of benzene rings is 1. The van der Waals surface area contributed by atoms with Crippen LogP contribution in [0.2, 0.25) is 0 Å². The van der Waals surface area contributed by atoms with Crippen LogP contribution in [0.5, 0.6) is 0 Å². The molecule has 2 rings (SSSR count). The van der Waals surface area contributed by atoms with E-state index in [4.69, 9.17) is 12.2 Å². The summed E-state index contributed by atoms with van der Waals surface area (Å²) < 4.78 is 2.06. The first kappa shape index (κ1) is 15.5. The number of imidazole rings is 1. The maximum Gasteiger partial charge on any atom is 0.170 e. The topological polar surface area (TPSA) is 41.9 Å². The quantitative estimate of drug-likeness (QED) is 0.634. The highest BCUT2D eigenvalue weighted by molar-refractivity contribution is 7.80. The van der Waals surface area contributed by atoms with Gasteiger partial charge in [0.1, 0.15) is 0 Å². The molecule has 0 amide bonds. The molecule has 0 unspecified atom stereocenters. The lowest BCUT2D eigenvalue weighted by Gasteiger charge is -2.16. The lowest BCUT2D eigenvalue weighted by Crippen LogP contribution is -2.30. The first-order valence-electron chi connectivity index (χ1n) is 7.26. The van der Waals surface area contributed by atoms with Crippen molar-refractivity contribution in [3.63, 3.8) is 0 Å². The Morgan fingerprint density at radius 2 is 2.14 bits per heavy atom. The van der Waals surface area contributed by atoms with E-state index in [0.29, 0.717) is 11.0 Å². The number of nitrogens with one attached hydrogen (secondary N) is 2. The first-order chi connectivity index (χ1) is 10.2. The third-order valence-electron chi connectivity index (χ3n) is 3.27. The third-order valence-corrected chi connectivity index (χ3v) is 3.52. The second-order valence-electron chi connectivity index (χ2n) is 5.28. The van der Waals surface area contributed by atoms with Crippen molar-refractivity contribution >= 4 is 23.0 Å². The van der Waals surface area contributed by atoms with E-state index in [9.17, 15) is 0 Å². The summed E-state index contributed by atoms with van der Waals surface area (Å²) in [6, 6.07) is 8.28. The van der Waals surface area contributed by atoms with Crippen molar-refractivity contribution in [1.29, 1.82) is 0 Å². The predicted molar refractivity (Wildman–Crippen MR) is 91.6 cm³/mol. The van der Waals surface area contributed by atoms with E-state index < -0.39 is 0 Å². The molecule has 0 aliphatic rings. The van der Waals surface area contributed by atoms with E-state index in [1.807, 2.05) is 18.6 Å². The van der Waals surface area contributed by atoms with Gasteiger partial charge in [-0.2, -0.15) is 0 Å². The highest BCUT2D eigenvalue weighted by Gasteiger charge is 2.06. The van der Waals surface area contributed by atoms with Crippen molar-refractivity contribution < 1.29 is 0 Å². The van der Waals surface area contributed by atoms with Crippen molar-refractivity contribution in [2.75, 3.05) is 11.9 Å². The van der Waals surface area contributed by atoms with Gasteiger partial charge in [0.25, 0.3) is 0 Å². The Morgan fingerprint density at radius 3 is 2.86 bits per heavy atom. The number of rotatable bonds is 6. The van der Waals surface area contributed by atoms with Crippen LogP contribution >= 0.6 is 12.2 Å². The zero-order valence-corrected chi connectivity index (χ0v) is 13.4. The molecule has 21 heavy (non-hydrogen) atoms. The first-order valence-corrected chi connectivity index (χ1v) is 7.67. The molecule has 2 N–H and O–H groups in total. The summed E-state index contributed by atoms with van der Waals surface area (Å²) in [4.78, 5) is 4.02. The summed E-state index contributed by atoms with van der Waals surface area (Å²) in [5, 5.41) is 7.21. The number of hydrogen-bond acceptors (Lipinski definition) is 2. The van der Waals surface area contributed by atoms with Gasteiger partial charge in [-0.25, -0.2) is 4.98 Å². The Hall–Kier alpha value is -1.88. The van der Waals surface area contributed by atoms with Crippen LogP contribution in [0.1, 0.15) is 31.7 Å². The maximum absolute atomic E-state index is 5.35. The molecular weight excluding hydrogens is 280 g/mol. The molecule has 1 aromatic heterocycles. The Balaban J connectivity index is 1.77. The fourth-order valence-corrected chi connectivity index (χ4v) is 2.38. The average molecular weight is 302 g/mol. The van der Waals surface area contributed by atoms with Crippen LogP contribution in [0.15, 0.2) is 43.0 Å². The molecule has 1 aromatic carbocycles. The van der Waals surface area contributed by atoms with Crippen LogP contribution in [0.4, 0.5) is 5.69 Å². The predicted octanol–water partition coefficient (Wildman–Crippen LogP) is 3.38. The van der Waals surface area contributed by atoms with Crippen molar-refractivity contribution in [2.45, 2.75) is 32.7 Å². The molecule has 0 spiro atoms. The van der Waals surface area contributed by atoms with Gasteiger partial charge in [-0.05, 0) is 36.2 Å². The van der Waals surface area contributed by atoms with Gasteiger partial charge < -0.3 is 15.2 Å². The molecule has 0 atom stereocenters. The number of aromatic nitrogens is 2. The Morgan fingerprint density at radius 1 is 1.33 bits per heavy atom. The molecule has 2 aromatic rings. The van der Waals surface area contributed by atoms with Gasteiger partial charge in [-0.15, -0.1) is 0 Å². The van der Waals surface area contributed by atoms with E-state index >= 15 is 0 Å². The molecule has 4 nitrogen and oxygen atoms in total. The summed E-state index contributed by atoms with van der Waals surface area (Å²) in [5.74, 6) is 0.470. The maximum atomic E-state index is 5.35.